The number of halogens is 3. The lowest BCUT2D eigenvalue weighted by Crippen LogP contribution is -2.50. The maximum absolute atomic E-state index is 13.2. The van der Waals surface area contributed by atoms with E-state index < -0.39 is 17.6 Å². The molecule has 1 aromatic heterocycles. The van der Waals surface area contributed by atoms with Gasteiger partial charge in [0.25, 0.3) is 0 Å². The summed E-state index contributed by atoms with van der Waals surface area (Å²) >= 11 is 0. The second kappa shape index (κ2) is 10.3. The summed E-state index contributed by atoms with van der Waals surface area (Å²) < 4.78 is 41.0. The van der Waals surface area contributed by atoms with E-state index in [9.17, 15) is 22.8 Å². The lowest BCUT2D eigenvalue weighted by Gasteiger charge is -2.34. The average molecular weight is 486 g/mol. The number of nitrogens with zero attached hydrogens (tertiary/aromatic N) is 5. The predicted molar refractivity (Wildman–Crippen MR) is 123 cm³/mol. The predicted octanol–water partition coefficient (Wildman–Crippen LogP) is 2.92. The van der Waals surface area contributed by atoms with Crippen molar-refractivity contribution in [2.45, 2.75) is 19.5 Å². The van der Waals surface area contributed by atoms with Crippen LogP contribution in [0.2, 0.25) is 0 Å². The van der Waals surface area contributed by atoms with Crippen LogP contribution in [0.15, 0.2) is 55.1 Å². The maximum Gasteiger partial charge on any atom is 0.416 e. The van der Waals surface area contributed by atoms with Crippen LogP contribution in [-0.2, 0) is 22.2 Å². The largest absolute Gasteiger partial charge is 0.416 e. The Bertz CT molecular complexity index is 1190. The molecule has 0 saturated carbocycles. The van der Waals surface area contributed by atoms with Gasteiger partial charge in [0, 0.05) is 26.2 Å². The number of piperazine rings is 1. The Morgan fingerprint density at radius 3 is 2.46 bits per heavy atom. The number of aryl methyl sites for hydroxylation is 1. The Balaban J connectivity index is 1.36. The standard InChI is InChI=1S/C24H25F3N6O2/c1-17-4-2-3-5-18(17)12-23(35)32-10-8-31(9-11-32)14-22(34)30-20-13-19(24(25,26)27)6-7-21(20)33-16-28-15-29-33/h2-7,13,15-16H,8-12,14H2,1H3,(H,30,34). The Morgan fingerprint density at radius 1 is 1.06 bits per heavy atom. The number of benzene rings is 2. The number of anilines is 1. The minimum absolute atomic E-state index is 0.00708. The van der Waals surface area contributed by atoms with E-state index >= 15 is 0 Å². The summed E-state index contributed by atoms with van der Waals surface area (Å²) in [6, 6.07) is 10.8. The number of rotatable bonds is 6. The van der Waals surface area contributed by atoms with E-state index in [0.29, 0.717) is 32.6 Å². The highest BCUT2D eigenvalue weighted by atomic mass is 19.4. The summed E-state index contributed by atoms with van der Waals surface area (Å²) in [5.41, 5.74) is 1.44. The number of hydrogen-bond acceptors (Lipinski definition) is 5. The first kappa shape index (κ1) is 24.4. The zero-order chi connectivity index (χ0) is 25.0. The van der Waals surface area contributed by atoms with Crippen LogP contribution in [-0.4, -0.2) is 69.1 Å². The normalized spacial score (nSPS) is 14.7. The lowest BCUT2D eigenvalue weighted by molar-refractivity contribution is -0.137. The maximum atomic E-state index is 13.2. The van der Waals surface area contributed by atoms with E-state index in [-0.39, 0.29) is 23.8 Å². The molecule has 1 saturated heterocycles. The molecule has 0 bridgehead atoms. The van der Waals surface area contributed by atoms with Gasteiger partial charge in [0.15, 0.2) is 0 Å². The third kappa shape index (κ3) is 6.04. The molecule has 184 valence electrons. The van der Waals surface area contributed by atoms with Crippen LogP contribution in [0.25, 0.3) is 5.69 Å². The van der Waals surface area contributed by atoms with Gasteiger partial charge in [-0.15, -0.1) is 0 Å². The van der Waals surface area contributed by atoms with Crippen molar-refractivity contribution in [1.29, 1.82) is 0 Å². The number of amides is 2. The first-order valence-corrected chi connectivity index (χ1v) is 11.1. The fraction of sp³-hybridized carbons (Fsp3) is 0.333. The van der Waals surface area contributed by atoms with Gasteiger partial charge in [-0.3, -0.25) is 14.5 Å². The Kier molecular flexibility index (Phi) is 7.15. The highest BCUT2D eigenvalue weighted by Crippen LogP contribution is 2.33. The quantitative estimate of drug-likeness (QED) is 0.580. The van der Waals surface area contributed by atoms with Crippen LogP contribution in [0.5, 0.6) is 0 Å². The lowest BCUT2D eigenvalue weighted by atomic mass is 10.1. The van der Waals surface area contributed by atoms with Crippen LogP contribution in [0.1, 0.15) is 16.7 Å². The molecule has 0 atom stereocenters. The molecule has 0 unspecified atom stereocenters. The molecule has 2 amide bonds. The van der Waals surface area contributed by atoms with Crippen LogP contribution in [0, 0.1) is 6.92 Å². The molecule has 11 heteroatoms. The second-order valence-corrected chi connectivity index (χ2v) is 8.38. The minimum atomic E-state index is -4.55. The topological polar surface area (TPSA) is 83.4 Å². The van der Waals surface area contributed by atoms with Crippen LogP contribution >= 0.6 is 0 Å². The van der Waals surface area contributed by atoms with Crippen molar-refractivity contribution in [3.63, 3.8) is 0 Å². The van der Waals surface area contributed by atoms with Crippen molar-refractivity contribution >= 4 is 17.5 Å². The van der Waals surface area contributed by atoms with Gasteiger partial charge in [-0.1, -0.05) is 24.3 Å². The summed E-state index contributed by atoms with van der Waals surface area (Å²) in [5, 5.41) is 6.53. The molecular weight excluding hydrogens is 461 g/mol. The molecule has 0 aliphatic carbocycles. The zero-order valence-corrected chi connectivity index (χ0v) is 19.1. The van der Waals surface area contributed by atoms with Crippen LogP contribution in [0.4, 0.5) is 18.9 Å². The fourth-order valence-electron chi connectivity index (χ4n) is 3.98. The molecule has 35 heavy (non-hydrogen) atoms. The number of carbonyl (C=O) groups is 2. The summed E-state index contributed by atoms with van der Waals surface area (Å²) in [4.78, 5) is 32.8. The number of hydrogen-bond donors (Lipinski definition) is 1. The van der Waals surface area contributed by atoms with Crippen molar-refractivity contribution < 1.29 is 22.8 Å². The van der Waals surface area contributed by atoms with E-state index in [1.807, 2.05) is 36.1 Å². The van der Waals surface area contributed by atoms with Crippen molar-refractivity contribution in [3.05, 3.63) is 71.8 Å². The Hall–Kier alpha value is -3.73. The molecule has 2 aromatic carbocycles. The summed E-state index contributed by atoms with van der Waals surface area (Å²) in [6.45, 7) is 3.90. The van der Waals surface area contributed by atoms with Gasteiger partial charge < -0.3 is 10.2 Å². The number of alkyl halides is 3. The van der Waals surface area contributed by atoms with Gasteiger partial charge in [0.05, 0.1) is 29.9 Å². The fourth-order valence-corrected chi connectivity index (χ4v) is 3.98. The first-order valence-electron chi connectivity index (χ1n) is 11.1. The third-order valence-electron chi connectivity index (χ3n) is 5.96. The van der Waals surface area contributed by atoms with Gasteiger partial charge in [0.2, 0.25) is 11.8 Å². The van der Waals surface area contributed by atoms with Gasteiger partial charge in [-0.25, -0.2) is 9.67 Å². The molecule has 8 nitrogen and oxygen atoms in total. The van der Waals surface area contributed by atoms with Crippen molar-refractivity contribution in [2.24, 2.45) is 0 Å². The Morgan fingerprint density at radius 2 is 1.80 bits per heavy atom. The van der Waals surface area contributed by atoms with Crippen LogP contribution in [0.3, 0.4) is 0 Å². The third-order valence-corrected chi connectivity index (χ3v) is 5.96. The van der Waals surface area contributed by atoms with Gasteiger partial charge in [-0.2, -0.15) is 18.3 Å². The summed E-state index contributed by atoms with van der Waals surface area (Å²) in [6.07, 6.45) is -1.64. The van der Waals surface area contributed by atoms with E-state index in [2.05, 4.69) is 15.4 Å². The second-order valence-electron chi connectivity index (χ2n) is 8.38. The van der Waals surface area contributed by atoms with E-state index in [1.165, 1.54) is 23.4 Å². The molecule has 1 aliphatic rings. The van der Waals surface area contributed by atoms with E-state index in [4.69, 9.17) is 0 Å². The zero-order valence-electron chi connectivity index (χ0n) is 19.1. The smallest absolute Gasteiger partial charge is 0.340 e. The SMILES string of the molecule is Cc1ccccc1CC(=O)N1CCN(CC(=O)Nc2cc(C(F)(F)F)ccc2-n2cncn2)CC1. The number of carbonyl (C=O) groups excluding carboxylic acids is 2. The molecule has 1 N–H and O–H groups in total. The molecule has 1 fully saturated rings. The van der Waals surface area contributed by atoms with Crippen LogP contribution < -0.4 is 5.32 Å². The molecule has 2 heterocycles. The molecule has 3 aromatic rings. The molecular formula is C24H25F3N6O2. The highest BCUT2D eigenvalue weighted by Gasteiger charge is 2.31. The summed E-state index contributed by atoms with van der Waals surface area (Å²) in [7, 11) is 0. The number of nitrogens with one attached hydrogen (secondary N) is 1. The van der Waals surface area contributed by atoms with Crippen molar-refractivity contribution in [2.75, 3.05) is 38.0 Å². The number of aromatic nitrogens is 3. The van der Waals surface area contributed by atoms with Gasteiger partial charge in [-0.05, 0) is 36.2 Å². The van der Waals surface area contributed by atoms with E-state index in [1.54, 1.807) is 4.90 Å². The van der Waals surface area contributed by atoms with Crippen molar-refractivity contribution in [1.82, 2.24) is 24.6 Å². The van der Waals surface area contributed by atoms with Crippen molar-refractivity contribution in [3.8, 4) is 5.69 Å². The van der Waals surface area contributed by atoms with Gasteiger partial charge in [0.1, 0.15) is 12.7 Å². The molecule has 0 spiro atoms. The molecule has 0 radical (unpaired) electrons. The monoisotopic (exact) mass is 486 g/mol. The Labute approximate surface area is 200 Å². The minimum Gasteiger partial charge on any atom is -0.340 e. The van der Waals surface area contributed by atoms with E-state index in [0.717, 1.165) is 23.3 Å². The highest BCUT2D eigenvalue weighted by molar-refractivity contribution is 5.94. The average Bonchev–Trinajstić information content (AvgIpc) is 3.35. The first-order chi connectivity index (χ1) is 16.7. The van der Waals surface area contributed by atoms with Gasteiger partial charge >= 0.3 is 6.18 Å². The molecule has 4 rings (SSSR count). The molecule has 1 aliphatic heterocycles. The summed E-state index contributed by atoms with van der Waals surface area (Å²) in [5.74, 6) is -0.421.